The van der Waals surface area contributed by atoms with E-state index in [-0.39, 0.29) is 23.5 Å². The molecule has 156 valence electrons. The summed E-state index contributed by atoms with van der Waals surface area (Å²) >= 11 is 1.44. The van der Waals surface area contributed by atoms with Gasteiger partial charge in [-0.1, -0.05) is 30.8 Å². The van der Waals surface area contributed by atoms with Crippen LogP contribution in [-0.2, 0) is 4.79 Å². The van der Waals surface area contributed by atoms with Crippen LogP contribution in [-0.4, -0.2) is 39.5 Å². The summed E-state index contributed by atoms with van der Waals surface area (Å²) in [5.41, 5.74) is 0.882. The number of nitrogens with one attached hydrogen (secondary N) is 1. The zero-order chi connectivity index (χ0) is 20.4. The molecule has 29 heavy (non-hydrogen) atoms. The van der Waals surface area contributed by atoms with Crippen molar-refractivity contribution in [3.63, 3.8) is 0 Å². The Balaban J connectivity index is 1.37. The van der Waals surface area contributed by atoms with Crippen molar-refractivity contribution in [3.8, 4) is 0 Å². The summed E-state index contributed by atoms with van der Waals surface area (Å²) in [6.07, 6.45) is 4.67. The minimum atomic E-state index is -0.277. The average Bonchev–Trinajstić information content (AvgIpc) is 3.46. The molecule has 1 N–H and O–H groups in total. The van der Waals surface area contributed by atoms with Crippen molar-refractivity contribution >= 4 is 23.6 Å². The van der Waals surface area contributed by atoms with Crippen molar-refractivity contribution in [2.24, 2.45) is 5.92 Å². The average molecular weight is 418 g/mol. The second-order valence-corrected chi connectivity index (χ2v) is 9.13. The highest BCUT2D eigenvalue weighted by molar-refractivity contribution is 7.99. The Morgan fingerprint density at radius 1 is 1.21 bits per heavy atom. The standard InChI is InChI=1S/C21H28FN5OS/c1-14-9-11-26(12-10-14)20-24-25-21(27(20)18-7-8-18)29-13-19(28)23-15(2)16-3-5-17(22)6-4-16/h3-6,14-15,18H,7-13H2,1-2H3,(H,23,28). The summed E-state index contributed by atoms with van der Waals surface area (Å²) in [5, 5.41) is 12.7. The van der Waals surface area contributed by atoms with Crippen LogP contribution >= 0.6 is 11.8 Å². The van der Waals surface area contributed by atoms with Crippen LogP contribution < -0.4 is 10.2 Å². The first-order chi connectivity index (χ1) is 14.0. The molecule has 1 atom stereocenters. The van der Waals surface area contributed by atoms with Gasteiger partial charge in [-0.25, -0.2) is 4.39 Å². The Hall–Kier alpha value is -2.09. The molecule has 8 heteroatoms. The van der Waals surface area contributed by atoms with E-state index in [1.165, 1.54) is 36.7 Å². The number of rotatable bonds is 7. The molecule has 1 aliphatic heterocycles. The minimum Gasteiger partial charge on any atom is -0.349 e. The molecule has 2 aliphatic rings. The highest BCUT2D eigenvalue weighted by atomic mass is 32.2. The van der Waals surface area contributed by atoms with Gasteiger partial charge in [0.1, 0.15) is 5.82 Å². The lowest BCUT2D eigenvalue weighted by Gasteiger charge is -2.31. The second kappa shape index (κ2) is 8.73. The first kappa shape index (κ1) is 20.2. The maximum Gasteiger partial charge on any atom is 0.230 e. The summed E-state index contributed by atoms with van der Waals surface area (Å²) in [5.74, 6) is 1.67. The van der Waals surface area contributed by atoms with E-state index in [2.05, 4.69) is 31.9 Å². The number of hydrogen-bond donors (Lipinski definition) is 1. The fourth-order valence-electron chi connectivity index (χ4n) is 3.69. The maximum atomic E-state index is 13.1. The van der Waals surface area contributed by atoms with Gasteiger partial charge in [-0.2, -0.15) is 0 Å². The predicted octanol–water partition coefficient (Wildman–Crippen LogP) is 3.96. The van der Waals surface area contributed by atoms with Crippen LogP contribution in [0.25, 0.3) is 0 Å². The lowest BCUT2D eigenvalue weighted by atomic mass is 10.00. The summed E-state index contributed by atoms with van der Waals surface area (Å²) in [6.45, 7) is 6.24. The van der Waals surface area contributed by atoms with E-state index in [0.717, 1.165) is 48.5 Å². The topological polar surface area (TPSA) is 63.1 Å². The van der Waals surface area contributed by atoms with Crippen molar-refractivity contribution < 1.29 is 9.18 Å². The van der Waals surface area contributed by atoms with Gasteiger partial charge in [-0.05, 0) is 56.2 Å². The minimum absolute atomic E-state index is 0.0643. The van der Waals surface area contributed by atoms with E-state index in [1.54, 1.807) is 12.1 Å². The van der Waals surface area contributed by atoms with Gasteiger partial charge in [0.25, 0.3) is 0 Å². The van der Waals surface area contributed by atoms with E-state index in [0.29, 0.717) is 6.04 Å². The first-order valence-electron chi connectivity index (χ1n) is 10.4. The molecule has 0 bridgehead atoms. The van der Waals surface area contributed by atoms with Crippen LogP contribution in [0, 0.1) is 11.7 Å². The molecule has 4 rings (SSSR count). The van der Waals surface area contributed by atoms with Crippen LogP contribution in [0.2, 0.25) is 0 Å². The smallest absolute Gasteiger partial charge is 0.230 e. The molecule has 1 saturated heterocycles. The third kappa shape index (κ3) is 4.91. The fourth-order valence-corrected chi connectivity index (χ4v) is 4.50. The Morgan fingerprint density at radius 3 is 2.55 bits per heavy atom. The van der Waals surface area contributed by atoms with Crippen molar-refractivity contribution in [2.75, 3.05) is 23.7 Å². The van der Waals surface area contributed by atoms with E-state index in [9.17, 15) is 9.18 Å². The molecule has 2 fully saturated rings. The molecular formula is C21H28FN5OS. The van der Waals surface area contributed by atoms with E-state index >= 15 is 0 Å². The highest BCUT2D eigenvalue weighted by Gasteiger charge is 2.32. The molecule has 0 spiro atoms. The number of carbonyl (C=O) groups is 1. The summed E-state index contributed by atoms with van der Waals surface area (Å²) in [6, 6.07) is 6.51. The van der Waals surface area contributed by atoms with Crippen LogP contribution in [0.3, 0.4) is 0 Å². The van der Waals surface area contributed by atoms with Gasteiger partial charge in [0.15, 0.2) is 5.16 Å². The number of carbonyl (C=O) groups excluding carboxylic acids is 1. The fraction of sp³-hybridized carbons (Fsp3) is 0.571. The largest absolute Gasteiger partial charge is 0.349 e. The molecule has 1 amide bonds. The number of anilines is 1. The zero-order valence-corrected chi connectivity index (χ0v) is 17.8. The maximum absolute atomic E-state index is 13.1. The number of amides is 1. The number of aromatic nitrogens is 3. The number of benzene rings is 1. The van der Waals surface area contributed by atoms with Gasteiger partial charge in [0.05, 0.1) is 11.8 Å². The molecule has 1 aromatic heterocycles. The predicted molar refractivity (Wildman–Crippen MR) is 113 cm³/mol. The lowest BCUT2D eigenvalue weighted by Crippen LogP contribution is -2.34. The monoisotopic (exact) mass is 417 g/mol. The SMILES string of the molecule is CC1CCN(c2nnc(SCC(=O)NC(C)c3ccc(F)cc3)n2C2CC2)CC1. The Labute approximate surface area is 175 Å². The van der Waals surface area contributed by atoms with E-state index in [4.69, 9.17) is 0 Å². The number of piperidine rings is 1. The van der Waals surface area contributed by atoms with Gasteiger partial charge < -0.3 is 10.2 Å². The van der Waals surface area contributed by atoms with Crippen molar-refractivity contribution in [1.82, 2.24) is 20.1 Å². The lowest BCUT2D eigenvalue weighted by molar-refractivity contribution is -0.119. The zero-order valence-electron chi connectivity index (χ0n) is 17.0. The number of thioether (sulfide) groups is 1. The molecule has 1 aromatic carbocycles. The van der Waals surface area contributed by atoms with Gasteiger partial charge in [-0.15, -0.1) is 10.2 Å². The Kier molecular flexibility index (Phi) is 6.08. The van der Waals surface area contributed by atoms with Gasteiger partial charge >= 0.3 is 0 Å². The highest BCUT2D eigenvalue weighted by Crippen LogP contribution is 2.41. The van der Waals surface area contributed by atoms with Crippen molar-refractivity contribution in [3.05, 3.63) is 35.6 Å². The van der Waals surface area contributed by atoms with Gasteiger partial charge in [0, 0.05) is 19.1 Å². The Morgan fingerprint density at radius 2 is 1.90 bits per heavy atom. The van der Waals surface area contributed by atoms with Crippen LogP contribution in [0.15, 0.2) is 29.4 Å². The molecule has 2 aromatic rings. The van der Waals surface area contributed by atoms with Gasteiger partial charge in [0.2, 0.25) is 11.9 Å². The van der Waals surface area contributed by atoms with Crippen LogP contribution in [0.4, 0.5) is 10.3 Å². The molecule has 2 heterocycles. The molecule has 6 nitrogen and oxygen atoms in total. The van der Waals surface area contributed by atoms with E-state index < -0.39 is 0 Å². The van der Waals surface area contributed by atoms with Gasteiger partial charge in [-0.3, -0.25) is 9.36 Å². The third-order valence-corrected chi connectivity index (χ3v) is 6.65. The second-order valence-electron chi connectivity index (χ2n) is 8.18. The van der Waals surface area contributed by atoms with Crippen molar-refractivity contribution in [2.45, 2.75) is 56.8 Å². The number of nitrogens with zero attached hydrogens (tertiary/aromatic N) is 4. The molecule has 1 aliphatic carbocycles. The molecule has 1 saturated carbocycles. The Bertz CT molecular complexity index is 843. The summed E-state index contributed by atoms with van der Waals surface area (Å²) in [4.78, 5) is 14.8. The molecule has 0 radical (unpaired) electrons. The molecule has 1 unspecified atom stereocenters. The molecular weight excluding hydrogens is 389 g/mol. The van der Waals surface area contributed by atoms with E-state index in [1.807, 2.05) is 6.92 Å². The third-order valence-electron chi connectivity index (χ3n) is 5.70. The summed E-state index contributed by atoms with van der Waals surface area (Å²) in [7, 11) is 0. The first-order valence-corrected chi connectivity index (χ1v) is 11.4. The summed E-state index contributed by atoms with van der Waals surface area (Å²) < 4.78 is 15.3. The quantitative estimate of drug-likeness (QED) is 0.691. The van der Waals surface area contributed by atoms with Crippen LogP contribution in [0.1, 0.15) is 57.2 Å². The normalized spacial score (nSPS) is 18.7. The number of halogens is 1. The van der Waals surface area contributed by atoms with Crippen LogP contribution in [0.5, 0.6) is 0 Å². The number of hydrogen-bond acceptors (Lipinski definition) is 5. The van der Waals surface area contributed by atoms with Crippen molar-refractivity contribution in [1.29, 1.82) is 0 Å².